The largest absolute Gasteiger partial charge is 0.314 e. The van der Waals surface area contributed by atoms with Crippen LogP contribution in [0.15, 0.2) is 18.2 Å². The number of hydrogen-bond acceptors (Lipinski definition) is 1. The van der Waals surface area contributed by atoms with Gasteiger partial charge in [0, 0.05) is 16.1 Å². The third-order valence-electron chi connectivity index (χ3n) is 4.06. The molecule has 2 unspecified atom stereocenters. The first-order valence-corrected chi connectivity index (χ1v) is 8.13. The molecule has 1 saturated carbocycles. The normalized spacial score (nSPS) is 23.5. The van der Waals surface area contributed by atoms with Crippen molar-refractivity contribution in [1.82, 2.24) is 5.32 Å². The lowest BCUT2D eigenvalue weighted by Crippen LogP contribution is -2.39. The van der Waals surface area contributed by atoms with Gasteiger partial charge in [0.2, 0.25) is 0 Å². The van der Waals surface area contributed by atoms with Gasteiger partial charge in [-0.25, -0.2) is 0 Å². The second kappa shape index (κ2) is 7.52. The van der Waals surface area contributed by atoms with E-state index >= 15 is 0 Å². The SMILES string of the molecule is CCCNC1CCCCC1Cc1ccc(Cl)cc1Cl. The lowest BCUT2D eigenvalue weighted by molar-refractivity contribution is 0.261. The van der Waals surface area contributed by atoms with Gasteiger partial charge in [0.15, 0.2) is 0 Å². The summed E-state index contributed by atoms with van der Waals surface area (Å²) in [6.07, 6.45) is 7.57. The molecular weight excluding hydrogens is 277 g/mol. The standard InChI is InChI=1S/C16H23Cl2N/c1-2-9-19-16-6-4-3-5-13(16)10-12-7-8-14(17)11-15(12)18/h7-8,11,13,16,19H,2-6,9-10H2,1H3. The van der Waals surface area contributed by atoms with Crippen LogP contribution in [-0.4, -0.2) is 12.6 Å². The van der Waals surface area contributed by atoms with E-state index in [0.717, 1.165) is 23.0 Å². The van der Waals surface area contributed by atoms with Gasteiger partial charge in [-0.3, -0.25) is 0 Å². The third kappa shape index (κ3) is 4.37. The third-order valence-corrected chi connectivity index (χ3v) is 4.65. The van der Waals surface area contributed by atoms with Gasteiger partial charge in [-0.15, -0.1) is 0 Å². The minimum absolute atomic E-state index is 0.653. The Kier molecular flexibility index (Phi) is 6.00. The van der Waals surface area contributed by atoms with Crippen molar-refractivity contribution in [3.8, 4) is 0 Å². The highest BCUT2D eigenvalue weighted by atomic mass is 35.5. The molecule has 19 heavy (non-hydrogen) atoms. The van der Waals surface area contributed by atoms with Crippen LogP contribution in [0, 0.1) is 5.92 Å². The van der Waals surface area contributed by atoms with Crippen molar-refractivity contribution in [2.24, 2.45) is 5.92 Å². The van der Waals surface area contributed by atoms with Crippen molar-refractivity contribution >= 4 is 23.2 Å². The van der Waals surface area contributed by atoms with E-state index in [1.54, 1.807) is 0 Å². The van der Waals surface area contributed by atoms with Gasteiger partial charge in [-0.05, 0) is 55.8 Å². The molecule has 1 fully saturated rings. The van der Waals surface area contributed by atoms with E-state index in [2.05, 4.69) is 18.3 Å². The Morgan fingerprint density at radius 2 is 2.00 bits per heavy atom. The van der Waals surface area contributed by atoms with Crippen molar-refractivity contribution < 1.29 is 0 Å². The summed E-state index contributed by atoms with van der Waals surface area (Å²) in [4.78, 5) is 0. The van der Waals surface area contributed by atoms with Crippen molar-refractivity contribution in [2.75, 3.05) is 6.54 Å². The number of halogens is 2. The molecule has 0 heterocycles. The molecule has 3 heteroatoms. The molecule has 2 atom stereocenters. The second-order valence-electron chi connectivity index (χ2n) is 5.55. The van der Waals surface area contributed by atoms with E-state index in [-0.39, 0.29) is 0 Å². The van der Waals surface area contributed by atoms with E-state index in [1.807, 2.05) is 12.1 Å². The Bertz CT molecular complexity index is 406. The van der Waals surface area contributed by atoms with Crippen LogP contribution >= 0.6 is 23.2 Å². The zero-order chi connectivity index (χ0) is 13.7. The molecule has 0 bridgehead atoms. The molecule has 1 aliphatic carbocycles. The minimum Gasteiger partial charge on any atom is -0.314 e. The second-order valence-corrected chi connectivity index (χ2v) is 6.39. The van der Waals surface area contributed by atoms with Crippen LogP contribution in [0.3, 0.4) is 0 Å². The Hall–Kier alpha value is -0.240. The van der Waals surface area contributed by atoms with Gasteiger partial charge in [0.05, 0.1) is 0 Å². The van der Waals surface area contributed by atoms with Crippen LogP contribution in [0.5, 0.6) is 0 Å². The summed E-state index contributed by atoms with van der Waals surface area (Å²) in [5.41, 5.74) is 1.24. The fourth-order valence-electron chi connectivity index (χ4n) is 3.02. The van der Waals surface area contributed by atoms with E-state index in [9.17, 15) is 0 Å². The van der Waals surface area contributed by atoms with Crippen LogP contribution in [0.2, 0.25) is 10.0 Å². The highest BCUT2D eigenvalue weighted by Gasteiger charge is 2.25. The molecule has 0 amide bonds. The molecule has 0 radical (unpaired) electrons. The van der Waals surface area contributed by atoms with Crippen molar-refractivity contribution in [2.45, 2.75) is 51.5 Å². The maximum absolute atomic E-state index is 6.30. The summed E-state index contributed by atoms with van der Waals surface area (Å²) < 4.78 is 0. The molecule has 0 saturated heterocycles. The first-order valence-electron chi connectivity index (χ1n) is 7.38. The lowest BCUT2D eigenvalue weighted by Gasteiger charge is -2.32. The van der Waals surface area contributed by atoms with Crippen LogP contribution in [0.4, 0.5) is 0 Å². The highest BCUT2D eigenvalue weighted by molar-refractivity contribution is 6.35. The molecule has 1 aliphatic rings. The van der Waals surface area contributed by atoms with E-state index < -0.39 is 0 Å². The maximum atomic E-state index is 6.30. The average Bonchev–Trinajstić information content (AvgIpc) is 2.41. The van der Waals surface area contributed by atoms with E-state index in [4.69, 9.17) is 23.2 Å². The molecule has 106 valence electrons. The number of nitrogens with one attached hydrogen (secondary N) is 1. The number of benzene rings is 1. The molecule has 1 nitrogen and oxygen atoms in total. The monoisotopic (exact) mass is 299 g/mol. The van der Waals surface area contributed by atoms with Gasteiger partial charge >= 0.3 is 0 Å². The zero-order valence-electron chi connectivity index (χ0n) is 11.6. The van der Waals surface area contributed by atoms with Crippen molar-refractivity contribution in [1.29, 1.82) is 0 Å². The molecule has 2 rings (SSSR count). The Morgan fingerprint density at radius 3 is 2.74 bits per heavy atom. The molecule has 0 spiro atoms. The molecule has 1 aromatic carbocycles. The number of rotatable bonds is 5. The fraction of sp³-hybridized carbons (Fsp3) is 0.625. The van der Waals surface area contributed by atoms with Gasteiger partial charge in [0.25, 0.3) is 0 Å². The zero-order valence-corrected chi connectivity index (χ0v) is 13.1. The molecule has 1 N–H and O–H groups in total. The minimum atomic E-state index is 0.653. The topological polar surface area (TPSA) is 12.0 Å². The first kappa shape index (κ1) is 15.2. The summed E-state index contributed by atoms with van der Waals surface area (Å²) in [6.45, 7) is 3.34. The maximum Gasteiger partial charge on any atom is 0.0452 e. The van der Waals surface area contributed by atoms with Gasteiger partial charge < -0.3 is 5.32 Å². The fourth-order valence-corrected chi connectivity index (χ4v) is 3.51. The van der Waals surface area contributed by atoms with E-state index in [1.165, 1.54) is 37.7 Å². The predicted molar refractivity (Wildman–Crippen MR) is 84.2 cm³/mol. The Balaban J connectivity index is 2.02. The Labute approximate surface area is 126 Å². The summed E-state index contributed by atoms with van der Waals surface area (Å²) in [7, 11) is 0. The molecular formula is C16H23Cl2N. The van der Waals surface area contributed by atoms with Crippen LogP contribution in [0.25, 0.3) is 0 Å². The average molecular weight is 300 g/mol. The van der Waals surface area contributed by atoms with Crippen molar-refractivity contribution in [3.63, 3.8) is 0 Å². The van der Waals surface area contributed by atoms with Gasteiger partial charge in [-0.2, -0.15) is 0 Å². The first-order chi connectivity index (χ1) is 9.20. The van der Waals surface area contributed by atoms with Crippen LogP contribution < -0.4 is 5.32 Å². The van der Waals surface area contributed by atoms with Gasteiger partial charge in [-0.1, -0.05) is 49.0 Å². The summed E-state index contributed by atoms with van der Waals surface area (Å²) in [6, 6.07) is 6.53. The predicted octanol–water partition coefficient (Wildman–Crippen LogP) is 5.09. The van der Waals surface area contributed by atoms with Crippen LogP contribution in [-0.2, 0) is 6.42 Å². The molecule has 1 aromatic rings. The van der Waals surface area contributed by atoms with Gasteiger partial charge in [0.1, 0.15) is 0 Å². The number of hydrogen-bond donors (Lipinski definition) is 1. The summed E-state index contributed by atoms with van der Waals surface area (Å²) in [5, 5.41) is 5.24. The van der Waals surface area contributed by atoms with E-state index in [0.29, 0.717) is 12.0 Å². The van der Waals surface area contributed by atoms with Crippen LogP contribution in [0.1, 0.15) is 44.6 Å². The molecule has 0 aromatic heterocycles. The summed E-state index contributed by atoms with van der Waals surface area (Å²) in [5.74, 6) is 0.707. The smallest absolute Gasteiger partial charge is 0.0452 e. The quantitative estimate of drug-likeness (QED) is 0.798. The summed E-state index contributed by atoms with van der Waals surface area (Å²) >= 11 is 12.3. The van der Waals surface area contributed by atoms with Crippen molar-refractivity contribution in [3.05, 3.63) is 33.8 Å². The molecule has 0 aliphatic heterocycles. The Morgan fingerprint density at radius 1 is 1.21 bits per heavy atom. The highest BCUT2D eigenvalue weighted by Crippen LogP contribution is 2.30. The lowest BCUT2D eigenvalue weighted by atomic mass is 9.80.